The van der Waals surface area contributed by atoms with Crippen LogP contribution < -0.4 is 0 Å². The van der Waals surface area contributed by atoms with Gasteiger partial charge in [0.25, 0.3) is 0 Å². The van der Waals surface area contributed by atoms with Gasteiger partial charge < -0.3 is 14.2 Å². The van der Waals surface area contributed by atoms with Crippen molar-refractivity contribution in [2.24, 2.45) is 28.6 Å². The first-order valence-electron chi connectivity index (χ1n) is 11.9. The topological polar surface area (TPSA) is 27.7 Å². The maximum atomic E-state index is 6.23. The van der Waals surface area contributed by atoms with Gasteiger partial charge in [0, 0.05) is 39.0 Å². The summed E-state index contributed by atoms with van der Waals surface area (Å²) in [4.78, 5) is 0. The summed E-state index contributed by atoms with van der Waals surface area (Å²) in [5, 5.41) is 0. The van der Waals surface area contributed by atoms with Gasteiger partial charge in [-0.3, -0.25) is 0 Å². The molecule has 0 radical (unpaired) electrons. The van der Waals surface area contributed by atoms with Gasteiger partial charge in [0.1, 0.15) is 0 Å². The standard InChI is InChI=1S/C24H44O3/c1-4-26-18-16-24(21-12-13-21)22(20-9-6-7-10-20)11-8-14-23(24,15-17-25-3)19-27-5-2/h20-22H,4-19H2,1-3H3. The first-order valence-corrected chi connectivity index (χ1v) is 11.9. The third-order valence-corrected chi connectivity index (χ3v) is 8.33. The molecule has 27 heavy (non-hydrogen) atoms. The molecule has 0 saturated heterocycles. The van der Waals surface area contributed by atoms with Crippen LogP contribution in [-0.4, -0.2) is 40.1 Å². The Morgan fingerprint density at radius 1 is 0.815 bits per heavy atom. The summed E-state index contributed by atoms with van der Waals surface area (Å²) in [6, 6.07) is 0. The van der Waals surface area contributed by atoms with Crippen LogP contribution in [0.25, 0.3) is 0 Å². The quantitative estimate of drug-likeness (QED) is 0.397. The van der Waals surface area contributed by atoms with Crippen LogP contribution in [0.4, 0.5) is 0 Å². The zero-order chi connectivity index (χ0) is 19.2. The van der Waals surface area contributed by atoms with E-state index >= 15 is 0 Å². The number of hydrogen-bond donors (Lipinski definition) is 0. The van der Waals surface area contributed by atoms with Crippen LogP contribution >= 0.6 is 0 Å². The highest BCUT2D eigenvalue weighted by Crippen LogP contribution is 2.69. The zero-order valence-corrected chi connectivity index (χ0v) is 18.3. The van der Waals surface area contributed by atoms with Crippen molar-refractivity contribution in [3.8, 4) is 0 Å². The molecule has 0 amide bonds. The summed E-state index contributed by atoms with van der Waals surface area (Å²) in [7, 11) is 1.87. The van der Waals surface area contributed by atoms with Gasteiger partial charge in [-0.25, -0.2) is 0 Å². The summed E-state index contributed by atoms with van der Waals surface area (Å²) >= 11 is 0. The lowest BCUT2D eigenvalue weighted by molar-refractivity contribution is -0.161. The van der Waals surface area contributed by atoms with Crippen molar-refractivity contribution in [3.05, 3.63) is 0 Å². The van der Waals surface area contributed by atoms with Crippen molar-refractivity contribution in [1.82, 2.24) is 0 Å². The van der Waals surface area contributed by atoms with E-state index in [1.165, 1.54) is 64.2 Å². The lowest BCUT2D eigenvalue weighted by atomic mass is 9.45. The van der Waals surface area contributed by atoms with Crippen molar-refractivity contribution < 1.29 is 14.2 Å². The summed E-state index contributed by atoms with van der Waals surface area (Å²) in [6.45, 7) is 8.68. The smallest absolute Gasteiger partial charge is 0.0528 e. The number of hydrogen-bond acceptors (Lipinski definition) is 3. The molecule has 3 nitrogen and oxygen atoms in total. The molecule has 0 heterocycles. The third kappa shape index (κ3) is 4.41. The minimum absolute atomic E-state index is 0.281. The first-order chi connectivity index (χ1) is 13.2. The van der Waals surface area contributed by atoms with Crippen LogP contribution in [0.2, 0.25) is 0 Å². The maximum absolute atomic E-state index is 6.23. The Hall–Kier alpha value is -0.120. The van der Waals surface area contributed by atoms with Gasteiger partial charge in [-0.15, -0.1) is 0 Å². The van der Waals surface area contributed by atoms with Crippen molar-refractivity contribution >= 4 is 0 Å². The molecule has 0 aromatic rings. The van der Waals surface area contributed by atoms with E-state index in [2.05, 4.69) is 13.8 Å². The molecule has 0 aromatic carbocycles. The molecule has 3 atom stereocenters. The monoisotopic (exact) mass is 380 g/mol. The second kappa shape index (κ2) is 10.1. The highest BCUT2D eigenvalue weighted by atomic mass is 16.5. The SMILES string of the molecule is CCOCCC1(C2CC2)C(C2CCCC2)CCCC1(CCOC)COCC. The van der Waals surface area contributed by atoms with E-state index in [4.69, 9.17) is 14.2 Å². The van der Waals surface area contributed by atoms with Gasteiger partial charge in [0.15, 0.2) is 0 Å². The largest absolute Gasteiger partial charge is 0.385 e. The Balaban J connectivity index is 1.97. The molecule has 0 spiro atoms. The maximum Gasteiger partial charge on any atom is 0.0528 e. The fraction of sp³-hybridized carbons (Fsp3) is 1.00. The molecule has 3 aliphatic rings. The van der Waals surface area contributed by atoms with Crippen LogP contribution in [-0.2, 0) is 14.2 Å². The van der Waals surface area contributed by atoms with Gasteiger partial charge in [-0.2, -0.15) is 0 Å². The molecule has 0 aliphatic heterocycles. The van der Waals surface area contributed by atoms with Crippen molar-refractivity contribution in [2.45, 2.75) is 84.5 Å². The number of methoxy groups -OCH3 is 1. The minimum atomic E-state index is 0.281. The van der Waals surface area contributed by atoms with Gasteiger partial charge in [-0.05, 0) is 75.5 Å². The Labute approximate surface area is 167 Å². The highest BCUT2D eigenvalue weighted by molar-refractivity contribution is 5.12. The Morgan fingerprint density at radius 2 is 1.56 bits per heavy atom. The Kier molecular flexibility index (Phi) is 8.05. The fourth-order valence-electron chi connectivity index (χ4n) is 7.17. The highest BCUT2D eigenvalue weighted by Gasteiger charge is 2.63. The number of ether oxygens (including phenoxy) is 3. The van der Waals surface area contributed by atoms with Crippen LogP contribution in [0, 0.1) is 28.6 Å². The predicted octanol–water partition coefficient (Wildman–Crippen LogP) is 5.86. The number of rotatable bonds is 12. The summed E-state index contributed by atoms with van der Waals surface area (Å²) in [5.74, 6) is 2.70. The van der Waals surface area contributed by atoms with Gasteiger partial charge in [0.05, 0.1) is 6.61 Å². The lowest BCUT2D eigenvalue weighted by Gasteiger charge is -2.60. The Morgan fingerprint density at radius 3 is 2.19 bits per heavy atom. The molecule has 3 fully saturated rings. The van der Waals surface area contributed by atoms with E-state index in [1.54, 1.807) is 0 Å². The second-order valence-electron chi connectivity index (χ2n) is 9.47. The average Bonchev–Trinajstić information content (AvgIpc) is 3.40. The van der Waals surface area contributed by atoms with Crippen molar-refractivity contribution in [2.75, 3.05) is 40.1 Å². The zero-order valence-electron chi connectivity index (χ0n) is 18.3. The fourth-order valence-corrected chi connectivity index (χ4v) is 7.17. The molecule has 158 valence electrons. The van der Waals surface area contributed by atoms with Gasteiger partial charge in [0.2, 0.25) is 0 Å². The van der Waals surface area contributed by atoms with Crippen LogP contribution in [0.1, 0.15) is 84.5 Å². The molecule has 3 unspecified atom stereocenters. The Bertz CT molecular complexity index is 419. The minimum Gasteiger partial charge on any atom is -0.385 e. The van der Waals surface area contributed by atoms with E-state index in [9.17, 15) is 0 Å². The molecule has 0 N–H and O–H groups in total. The normalized spacial score (nSPS) is 35.0. The van der Waals surface area contributed by atoms with Crippen LogP contribution in [0.15, 0.2) is 0 Å². The molecule has 3 heteroatoms. The van der Waals surface area contributed by atoms with Crippen LogP contribution in [0.5, 0.6) is 0 Å². The third-order valence-electron chi connectivity index (χ3n) is 8.33. The molecule has 3 aliphatic carbocycles. The van der Waals surface area contributed by atoms with E-state index in [1.807, 2.05) is 7.11 Å². The van der Waals surface area contributed by atoms with Crippen molar-refractivity contribution in [1.29, 1.82) is 0 Å². The summed E-state index contributed by atoms with van der Waals surface area (Å²) < 4.78 is 17.9. The first kappa shape index (κ1) is 21.6. The molecular formula is C24H44O3. The summed E-state index contributed by atoms with van der Waals surface area (Å²) in [6.07, 6.45) is 15.2. The van der Waals surface area contributed by atoms with Crippen LogP contribution in [0.3, 0.4) is 0 Å². The van der Waals surface area contributed by atoms with Gasteiger partial charge >= 0.3 is 0 Å². The van der Waals surface area contributed by atoms with E-state index in [-0.39, 0.29) is 5.41 Å². The van der Waals surface area contributed by atoms with Gasteiger partial charge in [-0.1, -0.05) is 32.1 Å². The van der Waals surface area contributed by atoms with Crippen molar-refractivity contribution in [3.63, 3.8) is 0 Å². The molecule has 0 aromatic heterocycles. The van der Waals surface area contributed by atoms with E-state index in [0.717, 1.165) is 57.2 Å². The molecule has 3 rings (SSSR count). The van der Waals surface area contributed by atoms with E-state index in [0.29, 0.717) is 5.41 Å². The average molecular weight is 381 g/mol. The molecule has 3 saturated carbocycles. The predicted molar refractivity (Wildman–Crippen MR) is 111 cm³/mol. The lowest BCUT2D eigenvalue weighted by Crippen LogP contribution is -2.56. The molecule has 0 bridgehead atoms. The molecular weight excluding hydrogens is 336 g/mol. The summed E-state index contributed by atoms with van der Waals surface area (Å²) in [5.41, 5.74) is 0.686. The van der Waals surface area contributed by atoms with E-state index < -0.39 is 0 Å². The second-order valence-corrected chi connectivity index (χ2v) is 9.47.